The fourth-order valence-electron chi connectivity index (χ4n) is 1.64. The molecular weight excluding hydrogens is 144 g/mol. The highest BCUT2D eigenvalue weighted by atomic mass is 14.1. The molecule has 1 rings (SSSR count). The monoisotopic (exact) mass is 162 g/mol. The molecule has 0 aromatic heterocycles. The fourth-order valence-corrected chi connectivity index (χ4v) is 1.64. The van der Waals surface area contributed by atoms with Crippen molar-refractivity contribution in [2.75, 3.05) is 0 Å². The Morgan fingerprint density at radius 1 is 1.67 bits per heavy atom. The molecule has 0 saturated heterocycles. The molecular formula is C12H18. The van der Waals surface area contributed by atoms with Crippen LogP contribution in [0, 0.1) is 5.92 Å². The second-order valence-electron chi connectivity index (χ2n) is 3.49. The minimum atomic E-state index is 0.801. The van der Waals surface area contributed by atoms with Gasteiger partial charge < -0.3 is 0 Å². The van der Waals surface area contributed by atoms with Crippen LogP contribution in [0.4, 0.5) is 0 Å². The highest BCUT2D eigenvalue weighted by Gasteiger charge is 2.09. The molecule has 12 heavy (non-hydrogen) atoms. The van der Waals surface area contributed by atoms with Gasteiger partial charge in [0.1, 0.15) is 0 Å². The standard InChI is InChI=1S/C12H18/c1-3-4-5-9-12-10-7-6-8-11(12)2/h3,6-8,12H,1,4-5,9-10H2,2H3. The van der Waals surface area contributed by atoms with Gasteiger partial charge in [-0.15, -0.1) is 6.58 Å². The third-order valence-electron chi connectivity index (χ3n) is 2.52. The van der Waals surface area contributed by atoms with E-state index < -0.39 is 0 Å². The maximum absolute atomic E-state index is 3.73. The van der Waals surface area contributed by atoms with Gasteiger partial charge in [0.2, 0.25) is 0 Å². The predicted molar refractivity (Wildman–Crippen MR) is 55.1 cm³/mol. The lowest BCUT2D eigenvalue weighted by Crippen LogP contribution is -2.03. The van der Waals surface area contributed by atoms with Gasteiger partial charge in [-0.2, -0.15) is 0 Å². The van der Waals surface area contributed by atoms with Crippen LogP contribution < -0.4 is 0 Å². The fraction of sp³-hybridized carbons (Fsp3) is 0.500. The number of rotatable bonds is 4. The number of allylic oxidation sites excluding steroid dienone is 5. The molecule has 0 heterocycles. The molecule has 0 saturated carbocycles. The van der Waals surface area contributed by atoms with E-state index in [2.05, 4.69) is 31.7 Å². The third kappa shape index (κ3) is 2.69. The lowest BCUT2D eigenvalue weighted by molar-refractivity contribution is 0.539. The van der Waals surface area contributed by atoms with Crippen molar-refractivity contribution in [3.05, 3.63) is 36.5 Å². The SMILES string of the molecule is C=CCCCC1CC=CC=C1C. The summed E-state index contributed by atoms with van der Waals surface area (Å²) in [5.41, 5.74) is 1.54. The molecule has 0 aromatic carbocycles. The molecule has 0 fully saturated rings. The van der Waals surface area contributed by atoms with Crippen LogP contribution in [0.2, 0.25) is 0 Å². The molecule has 0 heteroatoms. The topological polar surface area (TPSA) is 0 Å². The van der Waals surface area contributed by atoms with Crippen molar-refractivity contribution in [1.29, 1.82) is 0 Å². The van der Waals surface area contributed by atoms with Crippen molar-refractivity contribution >= 4 is 0 Å². The lowest BCUT2D eigenvalue weighted by Gasteiger charge is -2.17. The molecule has 0 radical (unpaired) electrons. The van der Waals surface area contributed by atoms with E-state index in [1.165, 1.54) is 19.3 Å². The summed E-state index contributed by atoms with van der Waals surface area (Å²) in [7, 11) is 0. The van der Waals surface area contributed by atoms with Crippen LogP contribution in [-0.2, 0) is 0 Å². The van der Waals surface area contributed by atoms with E-state index in [9.17, 15) is 0 Å². The van der Waals surface area contributed by atoms with Crippen molar-refractivity contribution in [2.45, 2.75) is 32.6 Å². The Labute approximate surface area is 75.7 Å². The zero-order chi connectivity index (χ0) is 8.81. The average Bonchev–Trinajstić information content (AvgIpc) is 2.09. The Hall–Kier alpha value is -0.780. The van der Waals surface area contributed by atoms with Crippen LogP contribution in [0.5, 0.6) is 0 Å². The van der Waals surface area contributed by atoms with Gasteiger partial charge in [0.25, 0.3) is 0 Å². The van der Waals surface area contributed by atoms with Crippen molar-refractivity contribution in [2.24, 2.45) is 5.92 Å². The van der Waals surface area contributed by atoms with Gasteiger partial charge in [-0.05, 0) is 38.5 Å². The summed E-state index contributed by atoms with van der Waals surface area (Å²) < 4.78 is 0. The Morgan fingerprint density at radius 2 is 2.50 bits per heavy atom. The molecule has 0 amide bonds. The zero-order valence-corrected chi connectivity index (χ0v) is 7.92. The van der Waals surface area contributed by atoms with Crippen LogP contribution >= 0.6 is 0 Å². The van der Waals surface area contributed by atoms with Crippen LogP contribution in [0.25, 0.3) is 0 Å². The molecule has 1 aliphatic carbocycles. The first-order valence-corrected chi connectivity index (χ1v) is 4.79. The van der Waals surface area contributed by atoms with E-state index in [4.69, 9.17) is 0 Å². The average molecular weight is 162 g/mol. The van der Waals surface area contributed by atoms with E-state index in [0.717, 1.165) is 12.3 Å². The number of hydrogen-bond donors (Lipinski definition) is 0. The second kappa shape index (κ2) is 4.97. The highest BCUT2D eigenvalue weighted by molar-refractivity contribution is 5.18. The summed E-state index contributed by atoms with van der Waals surface area (Å²) in [6, 6.07) is 0. The molecule has 0 aromatic rings. The molecule has 1 unspecified atom stereocenters. The van der Waals surface area contributed by atoms with Crippen LogP contribution in [0.1, 0.15) is 32.6 Å². The smallest absolute Gasteiger partial charge is 0.0168 e. The molecule has 0 bridgehead atoms. The van der Waals surface area contributed by atoms with E-state index >= 15 is 0 Å². The van der Waals surface area contributed by atoms with E-state index in [0.29, 0.717) is 0 Å². The summed E-state index contributed by atoms with van der Waals surface area (Å²) in [5.74, 6) is 0.801. The maximum Gasteiger partial charge on any atom is -0.0168 e. The maximum atomic E-state index is 3.73. The summed E-state index contributed by atoms with van der Waals surface area (Å²) in [6.07, 6.45) is 13.7. The highest BCUT2D eigenvalue weighted by Crippen LogP contribution is 2.24. The molecule has 0 nitrogen and oxygen atoms in total. The minimum Gasteiger partial charge on any atom is -0.103 e. The van der Waals surface area contributed by atoms with E-state index in [-0.39, 0.29) is 0 Å². The van der Waals surface area contributed by atoms with Gasteiger partial charge in [0, 0.05) is 0 Å². The van der Waals surface area contributed by atoms with Gasteiger partial charge >= 0.3 is 0 Å². The summed E-state index contributed by atoms with van der Waals surface area (Å²) in [6.45, 7) is 5.97. The van der Waals surface area contributed by atoms with Gasteiger partial charge in [-0.3, -0.25) is 0 Å². The van der Waals surface area contributed by atoms with Gasteiger partial charge in [-0.1, -0.05) is 29.9 Å². The Kier molecular flexibility index (Phi) is 3.86. The first kappa shape index (κ1) is 9.31. The minimum absolute atomic E-state index is 0.801. The van der Waals surface area contributed by atoms with Crippen LogP contribution in [0.3, 0.4) is 0 Å². The van der Waals surface area contributed by atoms with Crippen molar-refractivity contribution < 1.29 is 0 Å². The quantitative estimate of drug-likeness (QED) is 0.435. The molecule has 0 spiro atoms. The first-order valence-electron chi connectivity index (χ1n) is 4.79. The third-order valence-corrected chi connectivity index (χ3v) is 2.52. The molecule has 0 N–H and O–H groups in total. The zero-order valence-electron chi connectivity index (χ0n) is 7.92. The second-order valence-corrected chi connectivity index (χ2v) is 3.49. The van der Waals surface area contributed by atoms with Gasteiger partial charge in [0.15, 0.2) is 0 Å². The first-order chi connectivity index (χ1) is 5.84. The van der Waals surface area contributed by atoms with E-state index in [1.54, 1.807) is 5.57 Å². The molecule has 66 valence electrons. The number of hydrogen-bond acceptors (Lipinski definition) is 0. The van der Waals surface area contributed by atoms with Crippen molar-refractivity contribution in [1.82, 2.24) is 0 Å². The normalized spacial score (nSPS) is 22.1. The largest absolute Gasteiger partial charge is 0.103 e. The number of unbranched alkanes of at least 4 members (excludes halogenated alkanes) is 1. The molecule has 0 aliphatic heterocycles. The van der Waals surface area contributed by atoms with Crippen molar-refractivity contribution in [3.8, 4) is 0 Å². The molecule has 1 aliphatic rings. The Bertz CT molecular complexity index is 196. The van der Waals surface area contributed by atoms with Crippen molar-refractivity contribution in [3.63, 3.8) is 0 Å². The summed E-state index contributed by atoms with van der Waals surface area (Å²) >= 11 is 0. The molecule has 1 atom stereocenters. The van der Waals surface area contributed by atoms with Gasteiger partial charge in [-0.25, -0.2) is 0 Å². The lowest BCUT2D eigenvalue weighted by atomic mass is 9.88. The predicted octanol–water partition coefficient (Wildman–Crippen LogP) is 3.87. The Balaban J connectivity index is 2.28. The van der Waals surface area contributed by atoms with Gasteiger partial charge in [0.05, 0.1) is 0 Å². The summed E-state index contributed by atoms with van der Waals surface area (Å²) in [4.78, 5) is 0. The van der Waals surface area contributed by atoms with Crippen LogP contribution in [0.15, 0.2) is 36.5 Å². The van der Waals surface area contributed by atoms with Crippen LogP contribution in [-0.4, -0.2) is 0 Å². The van der Waals surface area contributed by atoms with E-state index in [1.807, 2.05) is 6.08 Å². The Morgan fingerprint density at radius 3 is 3.17 bits per heavy atom. The summed E-state index contributed by atoms with van der Waals surface area (Å²) in [5, 5.41) is 0.